The minimum absolute atomic E-state index is 0.0339. The molecule has 0 saturated carbocycles. The van der Waals surface area contributed by atoms with Crippen LogP contribution in [0.3, 0.4) is 0 Å². The molecule has 1 aliphatic rings. The second-order valence-electron chi connectivity index (χ2n) is 7.93. The minimum atomic E-state index is -0.969. The predicted molar refractivity (Wildman–Crippen MR) is 125 cm³/mol. The number of pyridine rings is 1. The molecular weight excluding hydrogens is 436 g/mol. The number of benzene rings is 2. The number of amides is 1. The van der Waals surface area contributed by atoms with Gasteiger partial charge in [0.25, 0.3) is 0 Å². The lowest BCUT2D eigenvalue weighted by Crippen LogP contribution is -2.43. The smallest absolute Gasteiger partial charge is 0.415 e. The number of carboxylic acid groups (broad SMARTS) is 1. The molecule has 1 amide bonds. The molecule has 2 heterocycles. The lowest BCUT2D eigenvalue weighted by Gasteiger charge is -2.31. The number of carbonyl (C=O) groups is 2. The van der Waals surface area contributed by atoms with Crippen LogP contribution in [0.2, 0.25) is 0 Å². The van der Waals surface area contributed by atoms with Gasteiger partial charge in [-0.3, -0.25) is 4.98 Å². The van der Waals surface area contributed by atoms with Gasteiger partial charge >= 0.3 is 12.1 Å². The number of ether oxygens (including phenoxy) is 3. The zero-order valence-electron chi connectivity index (χ0n) is 18.6. The van der Waals surface area contributed by atoms with Gasteiger partial charge in [-0.05, 0) is 54.1 Å². The van der Waals surface area contributed by atoms with E-state index in [0.717, 1.165) is 17.7 Å². The molecule has 0 atom stereocenters. The highest BCUT2D eigenvalue weighted by Crippen LogP contribution is 2.21. The van der Waals surface area contributed by atoms with Crippen molar-refractivity contribution in [3.05, 3.63) is 84.2 Å². The molecule has 0 spiro atoms. The van der Waals surface area contributed by atoms with Crippen LogP contribution < -0.4 is 14.2 Å². The minimum Gasteiger partial charge on any atom is -0.493 e. The lowest BCUT2D eigenvalue weighted by atomic mass is 10.1. The lowest BCUT2D eigenvalue weighted by molar-refractivity contribution is 0.0696. The van der Waals surface area contributed by atoms with Gasteiger partial charge in [-0.2, -0.15) is 0 Å². The molecule has 3 aromatic rings. The molecule has 0 bridgehead atoms. The Kier molecular flexibility index (Phi) is 7.60. The molecule has 8 nitrogen and oxygen atoms in total. The van der Waals surface area contributed by atoms with E-state index in [0.29, 0.717) is 44.0 Å². The summed E-state index contributed by atoms with van der Waals surface area (Å²) in [6.07, 6.45) is 5.05. The number of aromatic carboxylic acids is 1. The Bertz CT molecular complexity index is 1080. The molecule has 1 aromatic heterocycles. The number of likely N-dealkylation sites (tertiary alicyclic amines) is 1. The highest BCUT2D eigenvalue weighted by atomic mass is 16.6. The molecule has 4 rings (SSSR count). The van der Waals surface area contributed by atoms with Gasteiger partial charge in [-0.15, -0.1) is 0 Å². The second kappa shape index (κ2) is 11.2. The van der Waals surface area contributed by atoms with Gasteiger partial charge in [-0.1, -0.05) is 12.1 Å². The third kappa shape index (κ3) is 6.48. The molecule has 0 aliphatic carbocycles. The third-order valence-corrected chi connectivity index (χ3v) is 5.54. The SMILES string of the molecule is O=C(O)c1ccc(OC2CCN(C(=O)Oc3ccc(CCOc4ccncc4)cc3)CC2)cc1. The van der Waals surface area contributed by atoms with Crippen molar-refractivity contribution in [1.29, 1.82) is 0 Å². The molecule has 1 N–H and O–H groups in total. The Morgan fingerprint density at radius 1 is 0.882 bits per heavy atom. The monoisotopic (exact) mass is 462 g/mol. The van der Waals surface area contributed by atoms with E-state index in [4.69, 9.17) is 19.3 Å². The van der Waals surface area contributed by atoms with Crippen molar-refractivity contribution < 1.29 is 28.9 Å². The van der Waals surface area contributed by atoms with Gasteiger partial charge in [0, 0.05) is 44.7 Å². The van der Waals surface area contributed by atoms with Crippen molar-refractivity contribution in [2.24, 2.45) is 0 Å². The van der Waals surface area contributed by atoms with Crippen LogP contribution in [-0.2, 0) is 6.42 Å². The number of nitrogens with zero attached hydrogens (tertiary/aromatic N) is 2. The number of piperidine rings is 1. The topological polar surface area (TPSA) is 98.2 Å². The van der Waals surface area contributed by atoms with Crippen molar-refractivity contribution in [2.45, 2.75) is 25.4 Å². The van der Waals surface area contributed by atoms with E-state index in [1.165, 1.54) is 12.1 Å². The molecule has 1 aliphatic heterocycles. The highest BCUT2D eigenvalue weighted by molar-refractivity contribution is 5.87. The summed E-state index contributed by atoms with van der Waals surface area (Å²) in [4.78, 5) is 29.1. The van der Waals surface area contributed by atoms with Gasteiger partial charge < -0.3 is 24.2 Å². The van der Waals surface area contributed by atoms with Crippen LogP contribution in [0.15, 0.2) is 73.1 Å². The maximum Gasteiger partial charge on any atom is 0.415 e. The van der Waals surface area contributed by atoms with Crippen LogP contribution in [0.25, 0.3) is 0 Å². The van der Waals surface area contributed by atoms with Crippen molar-refractivity contribution in [3.63, 3.8) is 0 Å². The number of hydrogen-bond acceptors (Lipinski definition) is 6. The second-order valence-corrected chi connectivity index (χ2v) is 7.93. The van der Waals surface area contributed by atoms with E-state index in [1.54, 1.807) is 41.6 Å². The summed E-state index contributed by atoms with van der Waals surface area (Å²) in [5, 5.41) is 8.97. The summed E-state index contributed by atoms with van der Waals surface area (Å²) >= 11 is 0. The van der Waals surface area contributed by atoms with Gasteiger partial charge in [0.2, 0.25) is 0 Å². The first-order valence-corrected chi connectivity index (χ1v) is 11.2. The van der Waals surface area contributed by atoms with Crippen molar-refractivity contribution in [3.8, 4) is 17.2 Å². The molecule has 2 aromatic carbocycles. The Morgan fingerprint density at radius 2 is 1.53 bits per heavy atom. The predicted octanol–water partition coefficient (Wildman–Crippen LogP) is 4.44. The van der Waals surface area contributed by atoms with Crippen molar-refractivity contribution in [1.82, 2.24) is 9.88 Å². The Balaban J connectivity index is 1.19. The van der Waals surface area contributed by atoms with E-state index in [1.807, 2.05) is 24.3 Å². The summed E-state index contributed by atoms with van der Waals surface area (Å²) < 4.78 is 17.1. The van der Waals surface area contributed by atoms with Crippen LogP contribution in [0.4, 0.5) is 4.79 Å². The molecule has 1 saturated heterocycles. The standard InChI is InChI=1S/C26H26N2O6/c29-25(30)20-3-7-22(8-4-20)33-24-11-16-28(17-12-24)26(31)34-23-5-1-19(2-6-23)13-18-32-21-9-14-27-15-10-21/h1-10,14-15,24H,11-13,16-18H2,(H,29,30). The summed E-state index contributed by atoms with van der Waals surface area (Å²) in [5.41, 5.74) is 1.31. The summed E-state index contributed by atoms with van der Waals surface area (Å²) in [6.45, 7) is 1.60. The Hall–Kier alpha value is -4.07. The first-order valence-electron chi connectivity index (χ1n) is 11.2. The van der Waals surface area contributed by atoms with Crippen LogP contribution in [0.1, 0.15) is 28.8 Å². The molecule has 0 radical (unpaired) electrons. The van der Waals surface area contributed by atoms with E-state index in [9.17, 15) is 9.59 Å². The average molecular weight is 463 g/mol. The fraction of sp³-hybridized carbons (Fsp3) is 0.269. The zero-order valence-corrected chi connectivity index (χ0v) is 18.6. The fourth-order valence-electron chi connectivity index (χ4n) is 3.64. The molecule has 8 heteroatoms. The van der Waals surface area contributed by atoms with Gasteiger partial charge in [0.15, 0.2) is 0 Å². The number of aromatic nitrogens is 1. The van der Waals surface area contributed by atoms with Gasteiger partial charge in [-0.25, -0.2) is 9.59 Å². The maximum absolute atomic E-state index is 12.5. The molecule has 0 unspecified atom stereocenters. The number of carboxylic acids is 1. The third-order valence-electron chi connectivity index (χ3n) is 5.54. The summed E-state index contributed by atoms with van der Waals surface area (Å²) in [6, 6.07) is 17.4. The van der Waals surface area contributed by atoms with Gasteiger partial charge in [0.1, 0.15) is 23.4 Å². The van der Waals surface area contributed by atoms with Crippen LogP contribution in [-0.4, -0.2) is 52.9 Å². The highest BCUT2D eigenvalue weighted by Gasteiger charge is 2.25. The normalized spacial score (nSPS) is 13.8. The zero-order chi connectivity index (χ0) is 23.8. The fourth-order valence-corrected chi connectivity index (χ4v) is 3.64. The quantitative estimate of drug-likeness (QED) is 0.528. The number of hydrogen-bond donors (Lipinski definition) is 1. The Morgan fingerprint density at radius 3 is 2.18 bits per heavy atom. The van der Waals surface area contributed by atoms with E-state index in [2.05, 4.69) is 4.98 Å². The summed E-state index contributed by atoms with van der Waals surface area (Å²) in [5.74, 6) is 0.937. The molecule has 34 heavy (non-hydrogen) atoms. The van der Waals surface area contributed by atoms with Gasteiger partial charge in [0.05, 0.1) is 12.2 Å². The van der Waals surface area contributed by atoms with E-state index < -0.39 is 5.97 Å². The molecular formula is C26H26N2O6. The van der Waals surface area contributed by atoms with Crippen LogP contribution in [0, 0.1) is 0 Å². The van der Waals surface area contributed by atoms with E-state index in [-0.39, 0.29) is 17.8 Å². The molecule has 176 valence electrons. The van der Waals surface area contributed by atoms with E-state index >= 15 is 0 Å². The number of rotatable bonds is 8. The van der Waals surface area contributed by atoms with Crippen LogP contribution >= 0.6 is 0 Å². The van der Waals surface area contributed by atoms with Crippen molar-refractivity contribution >= 4 is 12.1 Å². The van der Waals surface area contributed by atoms with Crippen molar-refractivity contribution in [2.75, 3.05) is 19.7 Å². The number of carbonyl (C=O) groups excluding carboxylic acids is 1. The average Bonchev–Trinajstić information content (AvgIpc) is 2.86. The summed E-state index contributed by atoms with van der Waals surface area (Å²) in [7, 11) is 0. The largest absolute Gasteiger partial charge is 0.493 e. The first-order chi connectivity index (χ1) is 16.6. The molecule has 1 fully saturated rings. The maximum atomic E-state index is 12.5. The van der Waals surface area contributed by atoms with Crippen LogP contribution in [0.5, 0.6) is 17.2 Å². The Labute approximate surface area is 197 Å². The first kappa shape index (κ1) is 23.1.